The summed E-state index contributed by atoms with van der Waals surface area (Å²) in [5.41, 5.74) is -1.74. The first-order valence-corrected chi connectivity index (χ1v) is 10.8. The Kier molecular flexibility index (Phi) is 8.67. The van der Waals surface area contributed by atoms with Gasteiger partial charge < -0.3 is 24.4 Å². The molecule has 1 aromatic carbocycles. The van der Waals surface area contributed by atoms with Gasteiger partial charge in [0.1, 0.15) is 12.2 Å². The molecule has 0 unspecified atom stereocenters. The van der Waals surface area contributed by atoms with E-state index in [0.717, 1.165) is 12.7 Å². The molecule has 1 aliphatic heterocycles. The largest absolute Gasteiger partial charge is 0.466 e. The van der Waals surface area contributed by atoms with Crippen molar-refractivity contribution < 1.29 is 33.4 Å². The zero-order valence-corrected chi connectivity index (χ0v) is 19.8. The van der Waals surface area contributed by atoms with Crippen LogP contribution in [0.15, 0.2) is 30.3 Å². The number of alkyl carbamates (subject to hydrolysis) is 1. The van der Waals surface area contributed by atoms with E-state index in [2.05, 4.69) is 10.6 Å². The number of methoxy groups -OCH3 is 1. The number of esters is 1. The van der Waals surface area contributed by atoms with Crippen molar-refractivity contribution in [1.29, 1.82) is 0 Å². The van der Waals surface area contributed by atoms with Crippen LogP contribution in [-0.4, -0.2) is 60.4 Å². The molecule has 33 heavy (non-hydrogen) atoms. The summed E-state index contributed by atoms with van der Waals surface area (Å²) < 4.78 is 15.3. The molecule has 2 atom stereocenters. The van der Waals surface area contributed by atoms with Gasteiger partial charge in [-0.15, -0.1) is 0 Å². The molecule has 1 aromatic rings. The van der Waals surface area contributed by atoms with E-state index in [-0.39, 0.29) is 13.2 Å². The lowest BCUT2D eigenvalue weighted by molar-refractivity contribution is -0.152. The highest BCUT2D eigenvalue weighted by Crippen LogP contribution is 2.20. The molecule has 10 heteroatoms. The highest BCUT2D eigenvalue weighted by molar-refractivity contribution is 5.91. The van der Waals surface area contributed by atoms with E-state index in [1.807, 2.05) is 6.07 Å². The first kappa shape index (κ1) is 26.0. The van der Waals surface area contributed by atoms with Crippen LogP contribution in [0.3, 0.4) is 0 Å². The lowest BCUT2D eigenvalue weighted by Gasteiger charge is -2.35. The van der Waals surface area contributed by atoms with Crippen LogP contribution < -0.4 is 10.6 Å². The number of hydrogen-bond donors (Lipinski definition) is 2. The van der Waals surface area contributed by atoms with Gasteiger partial charge in [-0.05, 0) is 46.1 Å². The van der Waals surface area contributed by atoms with Gasteiger partial charge in [0.05, 0.1) is 13.0 Å². The van der Waals surface area contributed by atoms with Gasteiger partial charge in [-0.1, -0.05) is 30.3 Å². The maximum atomic E-state index is 13.0. The van der Waals surface area contributed by atoms with E-state index in [9.17, 15) is 19.2 Å². The summed E-state index contributed by atoms with van der Waals surface area (Å²) in [5.74, 6) is -1.95. The van der Waals surface area contributed by atoms with Gasteiger partial charge >= 0.3 is 18.2 Å². The fourth-order valence-corrected chi connectivity index (χ4v) is 3.33. The molecule has 0 radical (unpaired) electrons. The third kappa shape index (κ3) is 7.96. The lowest BCUT2D eigenvalue weighted by atomic mass is 9.96. The maximum Gasteiger partial charge on any atom is 0.410 e. The van der Waals surface area contributed by atoms with E-state index in [1.54, 1.807) is 45.0 Å². The zero-order valence-electron chi connectivity index (χ0n) is 19.8. The van der Waals surface area contributed by atoms with Crippen LogP contribution in [0.1, 0.15) is 46.1 Å². The maximum absolute atomic E-state index is 13.0. The van der Waals surface area contributed by atoms with Crippen LogP contribution in [0, 0.1) is 5.92 Å². The van der Waals surface area contributed by atoms with E-state index in [4.69, 9.17) is 14.2 Å². The number of ether oxygens (including phenoxy) is 3. The molecule has 2 N–H and O–H groups in total. The summed E-state index contributed by atoms with van der Waals surface area (Å²) in [6.45, 7) is 7.21. The second-order valence-electron chi connectivity index (χ2n) is 9.06. The number of piperidine rings is 1. The number of carbonyl (C=O) groups excluding carboxylic acids is 4. The second-order valence-corrected chi connectivity index (χ2v) is 9.06. The summed E-state index contributed by atoms with van der Waals surface area (Å²) in [5, 5.41) is 4.92. The Morgan fingerprint density at radius 1 is 1.06 bits per heavy atom. The summed E-state index contributed by atoms with van der Waals surface area (Å²) >= 11 is 0. The smallest absolute Gasteiger partial charge is 0.410 e. The van der Waals surface area contributed by atoms with Gasteiger partial charge in [-0.3, -0.25) is 10.1 Å². The van der Waals surface area contributed by atoms with Crippen LogP contribution in [0.5, 0.6) is 0 Å². The molecule has 0 bridgehead atoms. The van der Waals surface area contributed by atoms with Crippen molar-refractivity contribution in [3.63, 3.8) is 0 Å². The van der Waals surface area contributed by atoms with Gasteiger partial charge in [0, 0.05) is 13.1 Å². The van der Waals surface area contributed by atoms with E-state index >= 15 is 0 Å². The number of rotatable bonds is 6. The van der Waals surface area contributed by atoms with Crippen LogP contribution in [0.2, 0.25) is 0 Å². The summed E-state index contributed by atoms with van der Waals surface area (Å²) in [7, 11) is 1.15. The van der Waals surface area contributed by atoms with Crippen LogP contribution >= 0.6 is 0 Å². The molecule has 10 nitrogen and oxygen atoms in total. The fourth-order valence-electron chi connectivity index (χ4n) is 3.33. The van der Waals surface area contributed by atoms with Crippen molar-refractivity contribution >= 4 is 24.1 Å². The zero-order chi connectivity index (χ0) is 24.6. The standard InChI is InChI=1S/C23H33N3O7/c1-22(2,3)33-21(30)26-13-9-12-17(14-26)18(27)24-23(4,19(28)31-5)25-20(29)32-15-16-10-7-6-8-11-16/h6-8,10-11,17H,9,12-15H2,1-5H3,(H,24,27)(H,25,29)/t17-,23-/m1/s1. The third-order valence-electron chi connectivity index (χ3n) is 4.98. The first-order chi connectivity index (χ1) is 15.4. The molecular formula is C23H33N3O7. The highest BCUT2D eigenvalue weighted by Gasteiger charge is 2.41. The van der Waals surface area contributed by atoms with Crippen molar-refractivity contribution in [3.8, 4) is 0 Å². The minimum Gasteiger partial charge on any atom is -0.466 e. The van der Waals surface area contributed by atoms with Crippen molar-refractivity contribution in [2.24, 2.45) is 5.92 Å². The van der Waals surface area contributed by atoms with Crippen molar-refractivity contribution in [1.82, 2.24) is 15.5 Å². The Bertz CT molecular complexity index is 853. The normalized spacial score (nSPS) is 17.8. The SMILES string of the molecule is COC(=O)[C@@](C)(NC(=O)OCc1ccccc1)NC(=O)[C@@H]1CCCN(C(=O)OC(C)(C)C)C1. The Morgan fingerprint density at radius 2 is 1.73 bits per heavy atom. The second kappa shape index (κ2) is 11.0. The first-order valence-electron chi connectivity index (χ1n) is 10.8. The number of nitrogens with one attached hydrogen (secondary N) is 2. The Labute approximate surface area is 193 Å². The van der Waals surface area contributed by atoms with E-state index in [0.29, 0.717) is 19.4 Å². The molecule has 1 fully saturated rings. The summed E-state index contributed by atoms with van der Waals surface area (Å²) in [6.07, 6.45) is -0.288. The molecule has 3 amide bonds. The van der Waals surface area contributed by atoms with Crippen LogP contribution in [0.25, 0.3) is 0 Å². The molecule has 1 heterocycles. The molecule has 0 spiro atoms. The molecule has 1 saturated heterocycles. The van der Waals surface area contributed by atoms with Crippen molar-refractivity contribution in [3.05, 3.63) is 35.9 Å². The fraction of sp³-hybridized carbons (Fsp3) is 0.565. The number of likely N-dealkylation sites (tertiary alicyclic amines) is 1. The predicted molar refractivity (Wildman–Crippen MR) is 119 cm³/mol. The molecule has 0 aromatic heterocycles. The monoisotopic (exact) mass is 463 g/mol. The quantitative estimate of drug-likeness (QED) is 0.378. The number of carbonyl (C=O) groups is 4. The van der Waals surface area contributed by atoms with Crippen molar-refractivity contribution in [2.75, 3.05) is 20.2 Å². The predicted octanol–water partition coefficient (Wildman–Crippen LogP) is 2.57. The number of benzene rings is 1. The minimum absolute atomic E-state index is 0.00859. The highest BCUT2D eigenvalue weighted by atomic mass is 16.6. The summed E-state index contributed by atoms with van der Waals surface area (Å²) in [6, 6.07) is 9.02. The third-order valence-corrected chi connectivity index (χ3v) is 4.98. The van der Waals surface area contributed by atoms with Gasteiger partial charge in [-0.25, -0.2) is 14.4 Å². The molecular weight excluding hydrogens is 430 g/mol. The van der Waals surface area contributed by atoms with Crippen molar-refractivity contribution in [2.45, 2.75) is 58.4 Å². The molecule has 2 rings (SSSR count). The lowest BCUT2D eigenvalue weighted by Crippen LogP contribution is -2.65. The van der Waals surface area contributed by atoms with Crippen LogP contribution in [0.4, 0.5) is 9.59 Å². The Hall–Kier alpha value is -3.30. The van der Waals surface area contributed by atoms with E-state index in [1.165, 1.54) is 11.8 Å². The van der Waals surface area contributed by atoms with Crippen LogP contribution in [-0.2, 0) is 30.4 Å². The Morgan fingerprint density at radius 3 is 2.33 bits per heavy atom. The average molecular weight is 464 g/mol. The number of nitrogens with zero attached hydrogens (tertiary/aromatic N) is 1. The van der Waals surface area contributed by atoms with E-state index < -0.39 is 41.2 Å². The average Bonchev–Trinajstić information content (AvgIpc) is 2.76. The van der Waals surface area contributed by atoms with Gasteiger partial charge in [0.2, 0.25) is 11.6 Å². The molecule has 1 aliphatic rings. The topological polar surface area (TPSA) is 123 Å². The summed E-state index contributed by atoms with van der Waals surface area (Å²) in [4.78, 5) is 51.5. The van der Waals surface area contributed by atoms with Gasteiger partial charge in [0.15, 0.2) is 0 Å². The number of amides is 3. The molecule has 0 saturated carbocycles. The number of hydrogen-bond acceptors (Lipinski definition) is 7. The van der Waals surface area contributed by atoms with Gasteiger partial charge in [-0.2, -0.15) is 0 Å². The van der Waals surface area contributed by atoms with Gasteiger partial charge in [0.25, 0.3) is 0 Å². The molecule has 182 valence electrons. The Balaban J connectivity index is 2.01. The minimum atomic E-state index is -1.85. The molecule has 0 aliphatic carbocycles.